The minimum absolute atomic E-state index is 1.23. The first-order chi connectivity index (χ1) is 22.3. The molecule has 45 heavy (non-hydrogen) atoms. The molecule has 0 unspecified atom stereocenters. The van der Waals surface area contributed by atoms with Gasteiger partial charge in [-0.1, -0.05) is 152 Å². The Morgan fingerprint density at radius 2 is 0.756 bits per heavy atom. The Morgan fingerprint density at radius 1 is 0.289 bits per heavy atom. The topological polar surface area (TPSA) is 0 Å². The van der Waals surface area contributed by atoms with Crippen LogP contribution in [0.1, 0.15) is 0 Å². The number of rotatable bonds is 4. The van der Waals surface area contributed by atoms with Crippen LogP contribution in [-0.4, -0.2) is 0 Å². The van der Waals surface area contributed by atoms with Crippen molar-refractivity contribution in [3.63, 3.8) is 0 Å². The van der Waals surface area contributed by atoms with E-state index in [1.807, 2.05) is 11.3 Å². The van der Waals surface area contributed by atoms with Gasteiger partial charge >= 0.3 is 0 Å². The second-order valence-electron chi connectivity index (χ2n) is 11.6. The van der Waals surface area contributed by atoms with Gasteiger partial charge in [-0.3, -0.25) is 0 Å². The summed E-state index contributed by atoms with van der Waals surface area (Å²) >= 11 is 1.88. The lowest BCUT2D eigenvalue weighted by atomic mass is 9.84. The fourth-order valence-corrected chi connectivity index (χ4v) is 8.27. The minimum atomic E-state index is 1.23. The average Bonchev–Trinajstić information content (AvgIpc) is 3.50. The fourth-order valence-electron chi connectivity index (χ4n) is 7.16. The van der Waals surface area contributed by atoms with Crippen molar-refractivity contribution in [3.8, 4) is 44.5 Å². The van der Waals surface area contributed by atoms with Gasteiger partial charge in [-0.05, 0) is 84.3 Å². The zero-order chi connectivity index (χ0) is 29.7. The van der Waals surface area contributed by atoms with Crippen molar-refractivity contribution in [2.24, 2.45) is 0 Å². The van der Waals surface area contributed by atoms with Gasteiger partial charge in [-0.15, -0.1) is 11.3 Å². The first kappa shape index (κ1) is 25.9. The van der Waals surface area contributed by atoms with Crippen LogP contribution < -0.4 is 0 Å². The van der Waals surface area contributed by atoms with Crippen LogP contribution >= 0.6 is 11.3 Å². The van der Waals surface area contributed by atoms with Crippen molar-refractivity contribution in [1.82, 2.24) is 0 Å². The third-order valence-corrected chi connectivity index (χ3v) is 10.2. The highest BCUT2D eigenvalue weighted by atomic mass is 32.1. The Labute approximate surface area is 266 Å². The van der Waals surface area contributed by atoms with Crippen molar-refractivity contribution >= 4 is 53.1 Å². The van der Waals surface area contributed by atoms with Crippen molar-refractivity contribution in [2.45, 2.75) is 0 Å². The summed E-state index contributed by atoms with van der Waals surface area (Å²) < 4.78 is 2.64. The van der Waals surface area contributed by atoms with Crippen molar-refractivity contribution in [2.75, 3.05) is 0 Å². The molecule has 0 aliphatic heterocycles. The highest BCUT2D eigenvalue weighted by molar-refractivity contribution is 7.26. The number of benzene rings is 8. The molecule has 1 heterocycles. The van der Waals surface area contributed by atoms with Crippen LogP contribution in [0.3, 0.4) is 0 Å². The van der Waals surface area contributed by atoms with E-state index in [0.717, 1.165) is 0 Å². The van der Waals surface area contributed by atoms with Gasteiger partial charge in [0.2, 0.25) is 0 Å². The fraction of sp³-hybridized carbons (Fsp3) is 0. The Hall–Kier alpha value is -5.50. The molecule has 0 saturated carbocycles. The van der Waals surface area contributed by atoms with E-state index in [4.69, 9.17) is 0 Å². The predicted molar refractivity (Wildman–Crippen MR) is 196 cm³/mol. The second kappa shape index (κ2) is 10.6. The van der Waals surface area contributed by atoms with Crippen molar-refractivity contribution < 1.29 is 0 Å². The summed E-state index contributed by atoms with van der Waals surface area (Å²) in [7, 11) is 0. The minimum Gasteiger partial charge on any atom is -0.135 e. The molecule has 0 N–H and O–H groups in total. The zero-order valence-corrected chi connectivity index (χ0v) is 25.4. The van der Waals surface area contributed by atoms with Gasteiger partial charge in [0.25, 0.3) is 0 Å². The first-order valence-corrected chi connectivity index (χ1v) is 16.3. The summed E-state index contributed by atoms with van der Waals surface area (Å²) in [6.45, 7) is 0. The molecule has 0 radical (unpaired) electrons. The summed E-state index contributed by atoms with van der Waals surface area (Å²) in [5.74, 6) is 0. The second-order valence-corrected chi connectivity index (χ2v) is 12.7. The van der Waals surface area contributed by atoms with E-state index in [0.29, 0.717) is 0 Å². The lowest BCUT2D eigenvalue weighted by Gasteiger charge is -2.19. The molecule has 1 aromatic heterocycles. The van der Waals surface area contributed by atoms with Crippen LogP contribution in [0.2, 0.25) is 0 Å². The van der Waals surface area contributed by atoms with Crippen molar-refractivity contribution in [3.05, 3.63) is 170 Å². The Bertz CT molecular complexity index is 2460. The molecule has 0 fully saturated rings. The van der Waals surface area contributed by atoms with Gasteiger partial charge in [0.15, 0.2) is 0 Å². The normalized spacial score (nSPS) is 11.6. The van der Waals surface area contributed by atoms with Crippen LogP contribution in [0.25, 0.3) is 86.2 Å². The van der Waals surface area contributed by atoms with Gasteiger partial charge in [0.1, 0.15) is 0 Å². The molecule has 8 aromatic carbocycles. The van der Waals surface area contributed by atoms with Gasteiger partial charge in [0.05, 0.1) is 0 Å². The van der Waals surface area contributed by atoms with Crippen LogP contribution in [0.4, 0.5) is 0 Å². The molecule has 0 saturated heterocycles. The number of hydrogen-bond acceptors (Lipinski definition) is 1. The van der Waals surface area contributed by atoms with E-state index < -0.39 is 0 Å². The Balaban J connectivity index is 1.37. The summed E-state index contributed by atoms with van der Waals surface area (Å²) in [5.41, 5.74) is 10.1. The third kappa shape index (κ3) is 4.20. The standard InChI is InChI=1S/C44H28S/c1-3-14-29(15-4-1)33-26-27-40-44(38-24-11-12-25-39(38)45-40)43(33)32-19-13-18-31(28-32)42-36-22-9-7-20-34(36)41(30-16-5-2-6-17-30)35-21-8-10-23-37(35)42/h1-28H. The molecule has 210 valence electrons. The van der Waals surface area contributed by atoms with Crippen LogP contribution in [0.5, 0.6) is 0 Å². The largest absolute Gasteiger partial charge is 0.135 e. The summed E-state index contributed by atoms with van der Waals surface area (Å²) in [6, 6.07) is 62.1. The molecular formula is C44H28S. The van der Waals surface area contributed by atoms with Gasteiger partial charge < -0.3 is 0 Å². The SMILES string of the molecule is c1ccc(-c2ccc3sc4ccccc4c3c2-c2cccc(-c3c4ccccc4c(-c4ccccc4)c4ccccc34)c2)cc1. The first-order valence-electron chi connectivity index (χ1n) is 15.4. The molecule has 0 atom stereocenters. The molecule has 0 aliphatic carbocycles. The average molecular weight is 589 g/mol. The van der Waals surface area contributed by atoms with Gasteiger partial charge in [0, 0.05) is 20.2 Å². The third-order valence-electron chi connectivity index (χ3n) is 9.06. The molecule has 0 aliphatic rings. The van der Waals surface area contributed by atoms with Crippen LogP contribution in [0, 0.1) is 0 Å². The lowest BCUT2D eigenvalue weighted by molar-refractivity contribution is 1.61. The van der Waals surface area contributed by atoms with Crippen molar-refractivity contribution in [1.29, 1.82) is 0 Å². The Morgan fingerprint density at radius 3 is 1.38 bits per heavy atom. The molecule has 9 aromatic rings. The zero-order valence-electron chi connectivity index (χ0n) is 24.6. The molecule has 0 amide bonds. The lowest BCUT2D eigenvalue weighted by Crippen LogP contribution is -1.92. The maximum Gasteiger partial charge on any atom is 0.0362 e. The van der Waals surface area contributed by atoms with Crippen LogP contribution in [0.15, 0.2) is 170 Å². The Kier molecular flexibility index (Phi) is 6.11. The number of fused-ring (bicyclic) bond motifs is 5. The number of thiophene rings is 1. The molecule has 1 heteroatoms. The summed E-state index contributed by atoms with van der Waals surface area (Å²) in [6.07, 6.45) is 0. The van der Waals surface area contributed by atoms with E-state index in [2.05, 4.69) is 170 Å². The number of hydrogen-bond donors (Lipinski definition) is 0. The molecule has 9 rings (SSSR count). The van der Waals surface area contributed by atoms with Gasteiger partial charge in [-0.2, -0.15) is 0 Å². The van der Waals surface area contributed by atoms with E-state index in [9.17, 15) is 0 Å². The highest BCUT2D eigenvalue weighted by Gasteiger charge is 2.19. The van der Waals surface area contributed by atoms with Gasteiger partial charge in [-0.25, -0.2) is 0 Å². The maximum atomic E-state index is 2.42. The summed E-state index contributed by atoms with van der Waals surface area (Å²) in [5, 5.41) is 7.75. The molecular weight excluding hydrogens is 561 g/mol. The van der Waals surface area contributed by atoms with Crippen LogP contribution in [-0.2, 0) is 0 Å². The predicted octanol–water partition coefficient (Wildman–Crippen LogP) is 13.0. The maximum absolute atomic E-state index is 2.42. The van der Waals surface area contributed by atoms with E-state index in [1.54, 1.807) is 0 Å². The monoisotopic (exact) mass is 588 g/mol. The molecule has 0 nitrogen and oxygen atoms in total. The smallest absolute Gasteiger partial charge is 0.0362 e. The molecule has 0 bridgehead atoms. The molecule has 0 spiro atoms. The highest BCUT2D eigenvalue weighted by Crippen LogP contribution is 2.47. The van der Waals surface area contributed by atoms with E-state index in [1.165, 1.54) is 86.2 Å². The van der Waals surface area contributed by atoms with E-state index in [-0.39, 0.29) is 0 Å². The quantitative estimate of drug-likeness (QED) is 0.179. The van der Waals surface area contributed by atoms with E-state index >= 15 is 0 Å². The summed E-state index contributed by atoms with van der Waals surface area (Å²) in [4.78, 5) is 0.